The second-order valence-corrected chi connectivity index (χ2v) is 5.40. The second-order valence-electron chi connectivity index (χ2n) is 5.40. The number of benzene rings is 1. The summed E-state index contributed by atoms with van der Waals surface area (Å²) in [6.45, 7) is 5.58. The Morgan fingerprint density at radius 1 is 1.33 bits per heavy atom. The summed E-state index contributed by atoms with van der Waals surface area (Å²) in [5.74, 6) is -0.0432. The molecule has 1 unspecified atom stereocenters. The van der Waals surface area contributed by atoms with E-state index in [0.29, 0.717) is 6.54 Å². The minimum absolute atomic E-state index is 0.420. The van der Waals surface area contributed by atoms with Gasteiger partial charge in [-0.15, -0.1) is 0 Å². The molecular weight excluding hydrogens is 270 g/mol. The molecule has 1 N–H and O–H groups in total. The molecule has 1 saturated heterocycles. The van der Waals surface area contributed by atoms with Gasteiger partial charge in [0.1, 0.15) is 11.6 Å². The largest absolute Gasteiger partial charge is 0.480 e. The zero-order valence-electron chi connectivity index (χ0n) is 12.0. The summed E-state index contributed by atoms with van der Waals surface area (Å²) in [6, 6.07) is 7.31. The number of carboxylic acid groups (broad SMARTS) is 1. The zero-order chi connectivity index (χ0) is 14.8. The molecular formula is C15H19N3O3. The Kier molecular flexibility index (Phi) is 3.90. The fraction of sp³-hybridized carbons (Fsp3) is 0.467. The topological polar surface area (TPSA) is 69.8 Å². The van der Waals surface area contributed by atoms with Gasteiger partial charge in [0.2, 0.25) is 5.89 Å². The molecule has 2 heterocycles. The van der Waals surface area contributed by atoms with Crippen molar-refractivity contribution < 1.29 is 14.3 Å². The molecule has 0 amide bonds. The van der Waals surface area contributed by atoms with Gasteiger partial charge in [-0.3, -0.25) is 14.6 Å². The molecule has 1 aromatic carbocycles. The maximum Gasteiger partial charge on any atom is 0.320 e. The van der Waals surface area contributed by atoms with E-state index in [9.17, 15) is 4.79 Å². The number of oxazole rings is 1. The van der Waals surface area contributed by atoms with E-state index in [0.717, 1.165) is 43.2 Å². The van der Waals surface area contributed by atoms with Crippen LogP contribution in [-0.4, -0.2) is 58.1 Å². The number of aliphatic carboxylic acids is 1. The quantitative estimate of drug-likeness (QED) is 0.918. The average molecular weight is 289 g/mol. The van der Waals surface area contributed by atoms with Crippen molar-refractivity contribution in [1.29, 1.82) is 0 Å². The smallest absolute Gasteiger partial charge is 0.320 e. The third-order valence-corrected chi connectivity index (χ3v) is 4.01. The Labute approximate surface area is 123 Å². The first kappa shape index (κ1) is 14.0. The average Bonchev–Trinajstić information content (AvgIpc) is 2.89. The molecule has 1 aliphatic rings. The first-order valence-corrected chi connectivity index (χ1v) is 7.17. The van der Waals surface area contributed by atoms with Crippen LogP contribution in [0.5, 0.6) is 0 Å². The molecule has 1 aliphatic heterocycles. The van der Waals surface area contributed by atoms with Crippen molar-refractivity contribution in [2.24, 2.45) is 0 Å². The monoisotopic (exact) mass is 289 g/mol. The highest BCUT2D eigenvalue weighted by atomic mass is 16.4. The van der Waals surface area contributed by atoms with E-state index < -0.39 is 12.0 Å². The maximum absolute atomic E-state index is 11.0. The van der Waals surface area contributed by atoms with Gasteiger partial charge in [-0.25, -0.2) is 4.98 Å². The zero-order valence-corrected chi connectivity index (χ0v) is 12.0. The minimum atomic E-state index is -0.762. The molecule has 2 aromatic rings. The van der Waals surface area contributed by atoms with Gasteiger partial charge in [0.25, 0.3) is 0 Å². The normalized spacial score (nSPS) is 18.9. The molecule has 21 heavy (non-hydrogen) atoms. The Morgan fingerprint density at radius 3 is 2.71 bits per heavy atom. The van der Waals surface area contributed by atoms with Gasteiger partial charge in [0, 0.05) is 26.2 Å². The molecule has 0 saturated carbocycles. The summed E-state index contributed by atoms with van der Waals surface area (Å²) in [6.07, 6.45) is 0. The van der Waals surface area contributed by atoms with E-state index in [1.165, 1.54) is 0 Å². The van der Waals surface area contributed by atoms with Crippen molar-refractivity contribution in [3.8, 4) is 0 Å². The molecule has 0 radical (unpaired) electrons. The lowest BCUT2D eigenvalue weighted by atomic mass is 10.2. The van der Waals surface area contributed by atoms with Crippen molar-refractivity contribution in [3.05, 3.63) is 30.2 Å². The van der Waals surface area contributed by atoms with Crippen molar-refractivity contribution in [2.45, 2.75) is 19.5 Å². The summed E-state index contributed by atoms with van der Waals surface area (Å²) < 4.78 is 5.72. The Morgan fingerprint density at radius 2 is 2.05 bits per heavy atom. The lowest BCUT2D eigenvalue weighted by Crippen LogP contribution is -2.51. The second kappa shape index (κ2) is 5.83. The molecule has 0 spiro atoms. The van der Waals surface area contributed by atoms with Crippen LogP contribution in [-0.2, 0) is 11.3 Å². The van der Waals surface area contributed by atoms with E-state index in [2.05, 4.69) is 9.88 Å². The lowest BCUT2D eigenvalue weighted by molar-refractivity contribution is -0.143. The fourth-order valence-corrected chi connectivity index (χ4v) is 2.64. The number of hydrogen-bond donors (Lipinski definition) is 1. The number of para-hydroxylation sites is 2. The number of carbonyl (C=O) groups is 1. The third-order valence-electron chi connectivity index (χ3n) is 4.01. The van der Waals surface area contributed by atoms with Gasteiger partial charge in [-0.2, -0.15) is 0 Å². The highest BCUT2D eigenvalue weighted by molar-refractivity contribution is 5.73. The van der Waals surface area contributed by atoms with E-state index in [1.54, 1.807) is 6.92 Å². The van der Waals surface area contributed by atoms with Crippen LogP contribution in [0.1, 0.15) is 12.8 Å². The van der Waals surface area contributed by atoms with Gasteiger partial charge in [0.05, 0.1) is 6.54 Å². The molecule has 3 rings (SSSR count). The summed E-state index contributed by atoms with van der Waals surface area (Å²) in [5, 5.41) is 9.04. The molecule has 1 fully saturated rings. The number of fused-ring (bicyclic) bond motifs is 1. The van der Waals surface area contributed by atoms with Gasteiger partial charge < -0.3 is 9.52 Å². The first-order valence-electron chi connectivity index (χ1n) is 7.17. The number of hydrogen-bond acceptors (Lipinski definition) is 5. The van der Waals surface area contributed by atoms with Crippen LogP contribution in [0.25, 0.3) is 11.1 Å². The number of piperazine rings is 1. The molecule has 6 heteroatoms. The standard InChI is InChI=1S/C15H19N3O3/c1-11(15(19)20)18-8-6-17(7-9-18)10-14-16-12-4-2-3-5-13(12)21-14/h2-5,11H,6-10H2,1H3,(H,19,20). The number of nitrogens with zero attached hydrogens (tertiary/aromatic N) is 3. The predicted octanol–water partition coefficient (Wildman–Crippen LogP) is 1.42. The van der Waals surface area contributed by atoms with Crippen molar-refractivity contribution in [3.63, 3.8) is 0 Å². The molecule has 1 atom stereocenters. The Bertz CT molecular complexity index is 599. The molecule has 6 nitrogen and oxygen atoms in total. The van der Waals surface area contributed by atoms with Gasteiger partial charge in [0.15, 0.2) is 5.58 Å². The molecule has 112 valence electrons. The SMILES string of the molecule is CC(C(=O)O)N1CCN(Cc2nc3ccccc3o2)CC1. The summed E-state index contributed by atoms with van der Waals surface area (Å²) >= 11 is 0. The highest BCUT2D eigenvalue weighted by Crippen LogP contribution is 2.17. The Balaban J connectivity index is 1.59. The first-order chi connectivity index (χ1) is 10.1. The van der Waals surface area contributed by atoms with Gasteiger partial charge in [-0.1, -0.05) is 12.1 Å². The number of aromatic nitrogens is 1. The van der Waals surface area contributed by atoms with Crippen LogP contribution < -0.4 is 0 Å². The van der Waals surface area contributed by atoms with Crippen LogP contribution in [0.4, 0.5) is 0 Å². The van der Waals surface area contributed by atoms with E-state index in [1.807, 2.05) is 29.2 Å². The summed E-state index contributed by atoms with van der Waals surface area (Å²) in [4.78, 5) is 19.7. The molecule has 1 aromatic heterocycles. The van der Waals surface area contributed by atoms with Crippen molar-refractivity contribution >= 4 is 17.1 Å². The number of carboxylic acids is 1. The molecule has 0 bridgehead atoms. The third kappa shape index (κ3) is 3.06. The van der Waals surface area contributed by atoms with Crippen molar-refractivity contribution in [2.75, 3.05) is 26.2 Å². The summed E-state index contributed by atoms with van der Waals surface area (Å²) in [5.41, 5.74) is 1.69. The van der Waals surface area contributed by atoms with Crippen molar-refractivity contribution in [1.82, 2.24) is 14.8 Å². The van der Waals surface area contributed by atoms with Gasteiger partial charge >= 0.3 is 5.97 Å². The van der Waals surface area contributed by atoms with Crippen LogP contribution >= 0.6 is 0 Å². The van der Waals surface area contributed by atoms with Crippen LogP contribution in [0.2, 0.25) is 0 Å². The highest BCUT2D eigenvalue weighted by Gasteiger charge is 2.25. The fourth-order valence-electron chi connectivity index (χ4n) is 2.64. The lowest BCUT2D eigenvalue weighted by Gasteiger charge is -2.35. The Hall–Kier alpha value is -1.92. The predicted molar refractivity (Wildman–Crippen MR) is 78.0 cm³/mol. The minimum Gasteiger partial charge on any atom is -0.480 e. The van der Waals surface area contributed by atoms with E-state index in [4.69, 9.17) is 9.52 Å². The molecule has 0 aliphatic carbocycles. The summed E-state index contributed by atoms with van der Waals surface area (Å²) in [7, 11) is 0. The maximum atomic E-state index is 11.0. The van der Waals surface area contributed by atoms with E-state index >= 15 is 0 Å². The van der Waals surface area contributed by atoms with Crippen LogP contribution in [0.15, 0.2) is 28.7 Å². The van der Waals surface area contributed by atoms with Crippen LogP contribution in [0, 0.1) is 0 Å². The van der Waals surface area contributed by atoms with Gasteiger partial charge in [-0.05, 0) is 19.1 Å². The van der Waals surface area contributed by atoms with Crippen LogP contribution in [0.3, 0.4) is 0 Å². The van der Waals surface area contributed by atoms with E-state index in [-0.39, 0.29) is 0 Å². The number of rotatable bonds is 4.